The Kier molecular flexibility index (Phi) is 5.82. The molecule has 1 saturated heterocycles. The van der Waals surface area contributed by atoms with E-state index in [1.165, 1.54) is 18.1 Å². The average Bonchev–Trinajstić information content (AvgIpc) is 2.76. The molecule has 0 radical (unpaired) electrons. The fourth-order valence-corrected chi connectivity index (χ4v) is 4.23. The molecule has 0 N–H and O–H groups in total. The molecule has 1 aliphatic rings. The Hall–Kier alpha value is -2.84. The molecule has 2 aromatic carbocycles. The van der Waals surface area contributed by atoms with Crippen molar-refractivity contribution in [3.8, 4) is 0 Å². The molecule has 0 spiro atoms. The summed E-state index contributed by atoms with van der Waals surface area (Å²) in [5.41, 5.74) is 1.10. The topological polar surface area (TPSA) is 75.4 Å². The Labute approximate surface area is 177 Å². The fraction of sp³-hybridized carbons (Fsp3) is 0.200. The van der Waals surface area contributed by atoms with E-state index in [1.54, 1.807) is 12.1 Å². The number of hydrogen-bond acceptors (Lipinski definition) is 7. The van der Waals surface area contributed by atoms with E-state index < -0.39 is 4.92 Å². The van der Waals surface area contributed by atoms with Gasteiger partial charge in [-0.2, -0.15) is 0 Å². The van der Waals surface area contributed by atoms with Crippen molar-refractivity contribution in [2.24, 2.45) is 0 Å². The molecule has 1 aromatic heterocycles. The number of piperazine rings is 1. The molecule has 3 aromatic rings. The number of hydrogen-bond donors (Lipinski definition) is 0. The van der Waals surface area contributed by atoms with E-state index in [4.69, 9.17) is 11.6 Å². The van der Waals surface area contributed by atoms with Crippen LogP contribution in [-0.4, -0.2) is 41.1 Å². The minimum absolute atomic E-state index is 0.0550. The van der Waals surface area contributed by atoms with E-state index in [2.05, 4.69) is 27.0 Å². The second-order valence-corrected chi connectivity index (χ2v) is 7.97. The Morgan fingerprint density at radius 2 is 1.59 bits per heavy atom. The second-order valence-electron chi connectivity index (χ2n) is 6.47. The van der Waals surface area contributed by atoms with Crippen LogP contribution in [0.4, 0.5) is 17.2 Å². The highest BCUT2D eigenvalue weighted by Crippen LogP contribution is 2.38. The number of nitro groups is 1. The molecular formula is C20H18ClN5O2S. The first-order chi connectivity index (χ1) is 14.1. The summed E-state index contributed by atoms with van der Waals surface area (Å²) in [6.07, 6.45) is 1.39. The Morgan fingerprint density at radius 3 is 2.24 bits per heavy atom. The molecule has 0 amide bonds. The maximum Gasteiger partial charge on any atom is 0.343 e. The van der Waals surface area contributed by atoms with Gasteiger partial charge in [-0.15, -0.1) is 0 Å². The molecule has 1 aliphatic heterocycles. The van der Waals surface area contributed by atoms with Gasteiger partial charge in [0.1, 0.15) is 6.33 Å². The van der Waals surface area contributed by atoms with Crippen LogP contribution in [-0.2, 0) is 0 Å². The van der Waals surface area contributed by atoms with Crippen LogP contribution in [0.2, 0.25) is 5.02 Å². The molecule has 4 rings (SSSR count). The smallest absolute Gasteiger partial charge is 0.343 e. The zero-order valence-electron chi connectivity index (χ0n) is 15.4. The molecule has 9 heteroatoms. The summed E-state index contributed by atoms with van der Waals surface area (Å²) in [5.74, 6) is 0.370. The Morgan fingerprint density at radius 1 is 0.931 bits per heavy atom. The van der Waals surface area contributed by atoms with Gasteiger partial charge in [-0.05, 0) is 36.4 Å². The van der Waals surface area contributed by atoms with Crippen LogP contribution in [0.15, 0.2) is 70.8 Å². The zero-order valence-corrected chi connectivity index (χ0v) is 17.0. The van der Waals surface area contributed by atoms with Gasteiger partial charge in [-0.25, -0.2) is 9.97 Å². The maximum absolute atomic E-state index is 11.9. The third-order valence-electron chi connectivity index (χ3n) is 4.68. The van der Waals surface area contributed by atoms with Crippen molar-refractivity contribution in [2.75, 3.05) is 36.0 Å². The summed E-state index contributed by atoms with van der Waals surface area (Å²) >= 11 is 7.16. The van der Waals surface area contributed by atoms with Crippen molar-refractivity contribution in [3.05, 3.63) is 76.1 Å². The lowest BCUT2D eigenvalue weighted by atomic mass is 10.2. The van der Waals surface area contributed by atoms with Gasteiger partial charge in [0.05, 0.1) is 4.92 Å². The van der Waals surface area contributed by atoms with Crippen molar-refractivity contribution in [3.63, 3.8) is 0 Å². The van der Waals surface area contributed by atoms with Crippen LogP contribution >= 0.6 is 23.4 Å². The molecule has 0 bridgehead atoms. The fourth-order valence-electron chi connectivity index (χ4n) is 3.25. The highest BCUT2D eigenvalue weighted by molar-refractivity contribution is 7.99. The molecule has 0 unspecified atom stereocenters. The van der Waals surface area contributed by atoms with Crippen molar-refractivity contribution in [1.29, 1.82) is 0 Å². The molecule has 1 fully saturated rings. The number of benzene rings is 2. The monoisotopic (exact) mass is 427 g/mol. The summed E-state index contributed by atoms with van der Waals surface area (Å²) in [4.78, 5) is 25.0. The lowest BCUT2D eigenvalue weighted by Gasteiger charge is -2.36. The third-order valence-corrected chi connectivity index (χ3v) is 5.93. The first-order valence-electron chi connectivity index (χ1n) is 9.09. The van der Waals surface area contributed by atoms with Crippen LogP contribution in [0.3, 0.4) is 0 Å². The number of anilines is 2. The first kappa shape index (κ1) is 19.5. The van der Waals surface area contributed by atoms with Gasteiger partial charge in [0, 0.05) is 41.8 Å². The lowest BCUT2D eigenvalue weighted by Crippen LogP contribution is -2.47. The Balaban J connectivity index is 1.56. The van der Waals surface area contributed by atoms with Crippen molar-refractivity contribution >= 4 is 40.6 Å². The summed E-state index contributed by atoms with van der Waals surface area (Å²) < 4.78 is 0. The number of aromatic nitrogens is 2. The average molecular weight is 428 g/mol. The van der Waals surface area contributed by atoms with Crippen LogP contribution in [0, 0.1) is 10.1 Å². The van der Waals surface area contributed by atoms with Gasteiger partial charge in [0.15, 0.2) is 5.03 Å². The maximum atomic E-state index is 11.9. The number of rotatable bonds is 5. The zero-order chi connectivity index (χ0) is 20.2. The quantitative estimate of drug-likeness (QED) is 0.336. The molecule has 0 saturated carbocycles. The third kappa shape index (κ3) is 4.44. The van der Waals surface area contributed by atoms with Gasteiger partial charge >= 0.3 is 5.69 Å². The minimum Gasteiger partial charge on any atom is -0.368 e. The minimum atomic E-state index is -0.392. The number of halogens is 1. The number of nitrogens with zero attached hydrogens (tertiary/aromatic N) is 5. The summed E-state index contributed by atoms with van der Waals surface area (Å²) in [6, 6.07) is 17.3. The van der Waals surface area contributed by atoms with E-state index in [1.807, 2.05) is 35.2 Å². The highest BCUT2D eigenvalue weighted by atomic mass is 35.5. The molecule has 0 atom stereocenters. The van der Waals surface area contributed by atoms with E-state index in [0.29, 0.717) is 29.0 Å². The molecule has 29 heavy (non-hydrogen) atoms. The first-order valence-corrected chi connectivity index (χ1v) is 10.3. The number of para-hydroxylation sites is 1. The van der Waals surface area contributed by atoms with Crippen molar-refractivity contribution in [2.45, 2.75) is 9.92 Å². The molecule has 148 valence electrons. The van der Waals surface area contributed by atoms with Crippen LogP contribution in [0.25, 0.3) is 0 Å². The Bertz CT molecular complexity index is 996. The largest absolute Gasteiger partial charge is 0.368 e. The summed E-state index contributed by atoms with van der Waals surface area (Å²) in [6.45, 7) is 2.84. The van der Waals surface area contributed by atoms with Crippen LogP contribution in [0.1, 0.15) is 0 Å². The molecule has 2 heterocycles. The van der Waals surface area contributed by atoms with Crippen molar-refractivity contribution < 1.29 is 4.92 Å². The summed E-state index contributed by atoms with van der Waals surface area (Å²) in [7, 11) is 0. The van der Waals surface area contributed by atoms with Gasteiger partial charge in [-0.3, -0.25) is 10.1 Å². The van der Waals surface area contributed by atoms with Gasteiger partial charge in [0.2, 0.25) is 5.82 Å². The van der Waals surface area contributed by atoms with E-state index in [9.17, 15) is 10.1 Å². The standard InChI is InChI=1S/C20H18ClN5O2S/c21-15-6-8-17(9-7-15)29-20-18(26(27)28)19(22-14-23-20)25-12-10-24(11-13-25)16-4-2-1-3-5-16/h1-9,14H,10-13H2. The van der Waals surface area contributed by atoms with Gasteiger partial charge in [0.25, 0.3) is 0 Å². The van der Waals surface area contributed by atoms with Gasteiger partial charge < -0.3 is 9.80 Å². The van der Waals surface area contributed by atoms with E-state index in [0.717, 1.165) is 23.7 Å². The predicted octanol–water partition coefficient (Wildman–Crippen LogP) is 4.52. The van der Waals surface area contributed by atoms with Crippen LogP contribution in [0.5, 0.6) is 0 Å². The molecule has 7 nitrogen and oxygen atoms in total. The van der Waals surface area contributed by atoms with Crippen molar-refractivity contribution in [1.82, 2.24) is 9.97 Å². The van der Waals surface area contributed by atoms with Gasteiger partial charge in [-0.1, -0.05) is 41.6 Å². The summed E-state index contributed by atoms with van der Waals surface area (Å²) in [5, 5.41) is 12.8. The second kappa shape index (κ2) is 8.67. The highest BCUT2D eigenvalue weighted by Gasteiger charge is 2.29. The predicted molar refractivity (Wildman–Crippen MR) is 115 cm³/mol. The SMILES string of the molecule is O=[N+]([O-])c1c(Sc2ccc(Cl)cc2)ncnc1N1CCN(c2ccccc2)CC1. The van der Waals surface area contributed by atoms with E-state index >= 15 is 0 Å². The van der Waals surface area contributed by atoms with E-state index in [-0.39, 0.29) is 5.69 Å². The molecule has 0 aliphatic carbocycles. The van der Waals surface area contributed by atoms with Crippen LogP contribution < -0.4 is 9.80 Å². The molecular weight excluding hydrogens is 410 g/mol. The lowest BCUT2D eigenvalue weighted by molar-refractivity contribution is -0.387. The normalized spacial score (nSPS) is 14.1.